The average molecular weight is 306 g/mol. The van der Waals surface area contributed by atoms with Gasteiger partial charge in [0.25, 0.3) is 0 Å². The van der Waals surface area contributed by atoms with E-state index in [0.29, 0.717) is 19.5 Å². The Labute approximate surface area is 128 Å². The van der Waals surface area contributed by atoms with E-state index in [2.05, 4.69) is 0 Å². The fourth-order valence-electron chi connectivity index (χ4n) is 2.80. The minimum atomic E-state index is -0.399. The van der Waals surface area contributed by atoms with Crippen molar-refractivity contribution in [3.8, 4) is 5.75 Å². The maximum absolute atomic E-state index is 13.5. The summed E-state index contributed by atoms with van der Waals surface area (Å²) < 4.78 is 19.0. The molecule has 0 N–H and O–H groups in total. The molecule has 3 rings (SSSR count). The Morgan fingerprint density at radius 2 is 2.09 bits per heavy atom. The van der Waals surface area contributed by atoms with Crippen molar-refractivity contribution in [2.75, 3.05) is 19.6 Å². The Hall–Kier alpha value is -2.11. The lowest BCUT2D eigenvalue weighted by atomic mass is 10.1. The van der Waals surface area contributed by atoms with Crippen LogP contribution in [0.3, 0.4) is 0 Å². The second-order valence-electron chi connectivity index (χ2n) is 5.88. The van der Waals surface area contributed by atoms with Gasteiger partial charge in [-0.1, -0.05) is 12.1 Å². The van der Waals surface area contributed by atoms with E-state index in [-0.39, 0.29) is 36.3 Å². The monoisotopic (exact) mass is 306 g/mol. The van der Waals surface area contributed by atoms with Gasteiger partial charge in [0.2, 0.25) is 11.8 Å². The molecule has 0 bridgehead atoms. The van der Waals surface area contributed by atoms with Gasteiger partial charge in [-0.2, -0.15) is 0 Å². The van der Waals surface area contributed by atoms with E-state index in [0.717, 1.165) is 6.42 Å². The second-order valence-corrected chi connectivity index (χ2v) is 5.88. The highest BCUT2D eigenvalue weighted by molar-refractivity contribution is 5.86. The van der Waals surface area contributed by atoms with Gasteiger partial charge in [-0.25, -0.2) is 4.39 Å². The van der Waals surface area contributed by atoms with Gasteiger partial charge < -0.3 is 14.5 Å². The number of hydrogen-bond acceptors (Lipinski definition) is 3. The molecule has 1 atom stereocenters. The van der Waals surface area contributed by atoms with Gasteiger partial charge in [0, 0.05) is 12.5 Å². The lowest BCUT2D eigenvalue weighted by molar-refractivity contribution is -0.145. The zero-order valence-electron chi connectivity index (χ0n) is 12.5. The minimum absolute atomic E-state index is 0.0422. The van der Waals surface area contributed by atoms with Crippen LogP contribution in [0.2, 0.25) is 0 Å². The van der Waals surface area contributed by atoms with Gasteiger partial charge in [0.05, 0.1) is 19.6 Å². The molecule has 2 fully saturated rings. The van der Waals surface area contributed by atoms with Crippen LogP contribution in [0.1, 0.15) is 19.8 Å². The van der Waals surface area contributed by atoms with Crippen LogP contribution in [0.5, 0.6) is 5.75 Å². The summed E-state index contributed by atoms with van der Waals surface area (Å²) in [5.74, 6) is -0.220. The first-order valence-electron chi connectivity index (χ1n) is 7.53. The predicted octanol–water partition coefficient (Wildman–Crippen LogP) is 1.43. The summed E-state index contributed by atoms with van der Waals surface area (Å²) in [6.07, 6.45) is 1.14. The summed E-state index contributed by atoms with van der Waals surface area (Å²) in [6, 6.07) is 6.36. The number of nitrogens with zero attached hydrogens (tertiary/aromatic N) is 2. The molecule has 0 aromatic heterocycles. The maximum atomic E-state index is 13.5. The van der Waals surface area contributed by atoms with Crippen LogP contribution in [0.4, 0.5) is 4.39 Å². The largest absolute Gasteiger partial charge is 0.484 e. The molecule has 5 nitrogen and oxygen atoms in total. The molecule has 2 amide bonds. The van der Waals surface area contributed by atoms with Crippen LogP contribution in [0, 0.1) is 5.82 Å². The number of para-hydroxylation sites is 1. The SMILES string of the molecule is C[C@H]1CCC(=O)N1CC(=O)N1CC(Oc2ccccc2F)C1. The second kappa shape index (κ2) is 5.94. The van der Waals surface area contributed by atoms with E-state index >= 15 is 0 Å². The number of rotatable bonds is 4. The Bertz CT molecular complexity index is 587. The predicted molar refractivity (Wildman–Crippen MR) is 77.8 cm³/mol. The smallest absolute Gasteiger partial charge is 0.242 e. The summed E-state index contributed by atoms with van der Waals surface area (Å²) in [7, 11) is 0. The van der Waals surface area contributed by atoms with Crippen molar-refractivity contribution in [3.63, 3.8) is 0 Å². The van der Waals surface area contributed by atoms with Crippen molar-refractivity contribution in [3.05, 3.63) is 30.1 Å². The maximum Gasteiger partial charge on any atom is 0.242 e. The van der Waals surface area contributed by atoms with Crippen molar-refractivity contribution in [2.24, 2.45) is 0 Å². The first-order chi connectivity index (χ1) is 10.5. The molecule has 22 heavy (non-hydrogen) atoms. The molecule has 0 unspecified atom stereocenters. The van der Waals surface area contributed by atoms with E-state index in [9.17, 15) is 14.0 Å². The molecule has 0 aliphatic carbocycles. The van der Waals surface area contributed by atoms with Gasteiger partial charge >= 0.3 is 0 Å². The minimum Gasteiger partial charge on any atom is -0.484 e. The highest BCUT2D eigenvalue weighted by atomic mass is 19.1. The summed E-state index contributed by atoms with van der Waals surface area (Å²) in [6.45, 7) is 2.96. The Morgan fingerprint density at radius 1 is 1.36 bits per heavy atom. The number of ether oxygens (including phenoxy) is 1. The summed E-state index contributed by atoms with van der Waals surface area (Å²) in [4.78, 5) is 27.1. The highest BCUT2D eigenvalue weighted by Gasteiger charge is 2.36. The number of carbonyl (C=O) groups is 2. The lowest BCUT2D eigenvalue weighted by Gasteiger charge is -2.40. The van der Waals surface area contributed by atoms with Crippen LogP contribution < -0.4 is 4.74 Å². The normalized spacial score (nSPS) is 21.9. The van der Waals surface area contributed by atoms with E-state index in [1.165, 1.54) is 6.07 Å². The third-order valence-electron chi connectivity index (χ3n) is 4.27. The standard InChI is InChI=1S/C16H19FN2O3/c1-11-6-7-15(20)19(11)10-16(21)18-8-12(9-18)22-14-5-3-2-4-13(14)17/h2-5,11-12H,6-10H2,1H3/t11-/m0/s1. The number of carbonyl (C=O) groups excluding carboxylic acids is 2. The summed E-state index contributed by atoms with van der Waals surface area (Å²) in [5, 5.41) is 0. The molecule has 2 heterocycles. The molecule has 0 saturated carbocycles. The van der Waals surface area contributed by atoms with Crippen LogP contribution in [0.15, 0.2) is 24.3 Å². The molecule has 2 saturated heterocycles. The van der Waals surface area contributed by atoms with Crippen LogP contribution in [0.25, 0.3) is 0 Å². The van der Waals surface area contributed by atoms with Crippen LogP contribution in [-0.2, 0) is 9.59 Å². The van der Waals surface area contributed by atoms with Gasteiger partial charge in [-0.15, -0.1) is 0 Å². The Kier molecular flexibility index (Phi) is 4.00. The Morgan fingerprint density at radius 3 is 2.73 bits per heavy atom. The fourth-order valence-corrected chi connectivity index (χ4v) is 2.80. The van der Waals surface area contributed by atoms with Crippen molar-refractivity contribution in [1.29, 1.82) is 0 Å². The van der Waals surface area contributed by atoms with Gasteiger partial charge in [-0.3, -0.25) is 9.59 Å². The van der Waals surface area contributed by atoms with Crippen LogP contribution in [-0.4, -0.2) is 53.4 Å². The lowest BCUT2D eigenvalue weighted by Crippen LogP contribution is -2.58. The van der Waals surface area contributed by atoms with Crippen molar-refractivity contribution >= 4 is 11.8 Å². The number of halogens is 1. The molecule has 1 aromatic carbocycles. The first kappa shape index (κ1) is 14.8. The van der Waals surface area contributed by atoms with E-state index in [1.54, 1.807) is 28.0 Å². The molecule has 0 radical (unpaired) electrons. The van der Waals surface area contributed by atoms with Crippen molar-refractivity contribution in [2.45, 2.75) is 31.9 Å². The molecule has 118 valence electrons. The third kappa shape index (κ3) is 2.91. The van der Waals surface area contributed by atoms with Crippen molar-refractivity contribution in [1.82, 2.24) is 9.80 Å². The molecule has 1 aromatic rings. The molecule has 6 heteroatoms. The number of likely N-dealkylation sites (tertiary alicyclic amines) is 2. The topological polar surface area (TPSA) is 49.9 Å². The van der Waals surface area contributed by atoms with Crippen molar-refractivity contribution < 1.29 is 18.7 Å². The van der Waals surface area contributed by atoms with E-state index in [4.69, 9.17) is 4.74 Å². The zero-order chi connectivity index (χ0) is 15.7. The fraction of sp³-hybridized carbons (Fsp3) is 0.500. The number of amides is 2. The van der Waals surface area contributed by atoms with E-state index in [1.807, 2.05) is 6.92 Å². The summed E-state index contributed by atoms with van der Waals surface area (Å²) in [5.41, 5.74) is 0. The molecular formula is C16H19FN2O3. The highest BCUT2D eigenvalue weighted by Crippen LogP contribution is 2.22. The number of hydrogen-bond donors (Lipinski definition) is 0. The van der Waals surface area contributed by atoms with E-state index < -0.39 is 5.82 Å². The molecule has 2 aliphatic heterocycles. The van der Waals surface area contributed by atoms with Crippen LogP contribution >= 0.6 is 0 Å². The van der Waals surface area contributed by atoms with Gasteiger partial charge in [0.15, 0.2) is 11.6 Å². The molecular weight excluding hydrogens is 287 g/mol. The quantitative estimate of drug-likeness (QED) is 0.845. The Balaban J connectivity index is 1.48. The average Bonchev–Trinajstić information content (AvgIpc) is 2.76. The van der Waals surface area contributed by atoms with Gasteiger partial charge in [0.1, 0.15) is 6.10 Å². The molecule has 0 spiro atoms. The van der Waals surface area contributed by atoms with Gasteiger partial charge in [-0.05, 0) is 25.5 Å². The summed E-state index contributed by atoms with van der Waals surface area (Å²) >= 11 is 0. The third-order valence-corrected chi connectivity index (χ3v) is 4.27. The first-order valence-corrected chi connectivity index (χ1v) is 7.53. The molecule has 2 aliphatic rings. The zero-order valence-corrected chi connectivity index (χ0v) is 12.5. The number of benzene rings is 1.